The third kappa shape index (κ3) is 3.00. The lowest BCUT2D eigenvalue weighted by Crippen LogP contribution is -2.40. The van der Waals surface area contributed by atoms with Gasteiger partial charge in [-0.3, -0.25) is 4.79 Å². The van der Waals surface area contributed by atoms with Crippen molar-refractivity contribution in [3.8, 4) is 0 Å². The second-order valence-electron chi connectivity index (χ2n) is 7.43. The molecule has 3 heterocycles. The van der Waals surface area contributed by atoms with Gasteiger partial charge < -0.3 is 13.8 Å². The number of rotatable bonds is 4. The third-order valence-electron chi connectivity index (χ3n) is 5.33. The van der Waals surface area contributed by atoms with Crippen molar-refractivity contribution in [2.75, 3.05) is 13.1 Å². The van der Waals surface area contributed by atoms with E-state index >= 15 is 0 Å². The van der Waals surface area contributed by atoms with Crippen LogP contribution in [0, 0.1) is 5.92 Å². The molecule has 1 amide bonds. The molecule has 2 aromatic heterocycles. The average molecular weight is 351 g/mol. The number of nitrogens with zero attached hydrogens (tertiary/aromatic N) is 3. The highest BCUT2D eigenvalue weighted by Crippen LogP contribution is 2.38. The molecule has 0 radical (unpaired) electrons. The van der Waals surface area contributed by atoms with Gasteiger partial charge in [0, 0.05) is 30.8 Å². The van der Waals surface area contributed by atoms with Crippen LogP contribution in [0.2, 0.25) is 0 Å². The molecule has 5 rings (SSSR count). The summed E-state index contributed by atoms with van der Waals surface area (Å²) in [7, 11) is 0. The van der Waals surface area contributed by atoms with Crippen molar-refractivity contribution in [1.82, 2.24) is 15.0 Å². The summed E-state index contributed by atoms with van der Waals surface area (Å²) in [6.07, 6.45) is 5.14. The molecule has 0 N–H and O–H groups in total. The molecule has 0 bridgehead atoms. The Morgan fingerprint density at radius 3 is 2.96 bits per heavy atom. The maximum absolute atomic E-state index is 12.8. The fourth-order valence-electron chi connectivity index (χ4n) is 3.76. The largest absolute Gasteiger partial charge is 0.451 e. The van der Waals surface area contributed by atoms with E-state index in [0.29, 0.717) is 30.0 Å². The summed E-state index contributed by atoms with van der Waals surface area (Å²) in [6.45, 7) is 1.47. The van der Waals surface area contributed by atoms with E-state index in [1.807, 2.05) is 35.2 Å². The molecule has 1 atom stereocenters. The van der Waals surface area contributed by atoms with Gasteiger partial charge in [-0.15, -0.1) is 0 Å². The van der Waals surface area contributed by atoms with Crippen LogP contribution in [0.1, 0.15) is 53.9 Å². The molecule has 3 aromatic rings. The molecule has 6 nitrogen and oxygen atoms in total. The fraction of sp³-hybridized carbons (Fsp3) is 0.450. The van der Waals surface area contributed by atoms with E-state index in [1.54, 1.807) is 0 Å². The number of furan rings is 1. The van der Waals surface area contributed by atoms with Crippen molar-refractivity contribution >= 4 is 16.9 Å². The van der Waals surface area contributed by atoms with Crippen LogP contribution in [0.5, 0.6) is 0 Å². The molecule has 0 spiro atoms. The van der Waals surface area contributed by atoms with Gasteiger partial charge in [0.25, 0.3) is 5.91 Å². The van der Waals surface area contributed by atoms with E-state index in [4.69, 9.17) is 8.94 Å². The van der Waals surface area contributed by atoms with Crippen LogP contribution in [0.3, 0.4) is 0 Å². The number of amides is 1. The SMILES string of the molecule is O=C(c1cc2ccccc2o1)N1CCCC(Cc2nc(C3CC3)no2)C1. The molecule has 1 aliphatic carbocycles. The summed E-state index contributed by atoms with van der Waals surface area (Å²) < 4.78 is 11.1. The summed E-state index contributed by atoms with van der Waals surface area (Å²) in [5.74, 6) is 2.80. The molecule has 26 heavy (non-hydrogen) atoms. The van der Waals surface area contributed by atoms with Crippen LogP contribution in [-0.2, 0) is 6.42 Å². The first kappa shape index (κ1) is 15.6. The molecule has 2 fully saturated rings. The van der Waals surface area contributed by atoms with Crippen LogP contribution < -0.4 is 0 Å². The summed E-state index contributed by atoms with van der Waals surface area (Å²) >= 11 is 0. The smallest absolute Gasteiger partial charge is 0.289 e. The van der Waals surface area contributed by atoms with Crippen molar-refractivity contribution in [3.05, 3.63) is 47.8 Å². The van der Waals surface area contributed by atoms with Gasteiger partial charge in [-0.1, -0.05) is 23.4 Å². The Bertz CT molecular complexity index is 908. The molecular formula is C20H21N3O3. The number of benzene rings is 1. The maximum Gasteiger partial charge on any atom is 0.289 e. The molecule has 6 heteroatoms. The maximum atomic E-state index is 12.8. The van der Waals surface area contributed by atoms with Crippen LogP contribution in [0.25, 0.3) is 11.0 Å². The lowest BCUT2D eigenvalue weighted by molar-refractivity contribution is 0.0638. The Labute approximate surface area is 151 Å². The van der Waals surface area contributed by atoms with E-state index in [9.17, 15) is 4.79 Å². The quantitative estimate of drug-likeness (QED) is 0.715. The lowest BCUT2D eigenvalue weighted by Gasteiger charge is -2.31. The molecule has 2 aliphatic rings. The highest BCUT2D eigenvalue weighted by molar-refractivity contribution is 5.96. The first-order valence-corrected chi connectivity index (χ1v) is 9.36. The van der Waals surface area contributed by atoms with Crippen molar-refractivity contribution in [1.29, 1.82) is 0 Å². The summed E-state index contributed by atoms with van der Waals surface area (Å²) in [5.41, 5.74) is 0.753. The first-order valence-electron chi connectivity index (χ1n) is 9.36. The lowest BCUT2D eigenvalue weighted by atomic mass is 9.94. The van der Waals surface area contributed by atoms with Crippen molar-refractivity contribution in [2.24, 2.45) is 5.92 Å². The van der Waals surface area contributed by atoms with Crippen molar-refractivity contribution in [3.63, 3.8) is 0 Å². The Morgan fingerprint density at radius 1 is 1.23 bits per heavy atom. The Hall–Kier alpha value is -2.63. The predicted octanol–water partition coefficient (Wildman–Crippen LogP) is 3.79. The first-order chi connectivity index (χ1) is 12.8. The Morgan fingerprint density at radius 2 is 2.12 bits per heavy atom. The normalized spacial score (nSPS) is 20.6. The second-order valence-corrected chi connectivity index (χ2v) is 7.43. The monoisotopic (exact) mass is 351 g/mol. The topological polar surface area (TPSA) is 72.4 Å². The van der Waals surface area contributed by atoms with Gasteiger partial charge in [0.2, 0.25) is 5.89 Å². The van der Waals surface area contributed by atoms with Crippen molar-refractivity contribution < 1.29 is 13.7 Å². The number of carbonyl (C=O) groups excluding carboxylic acids is 1. The number of para-hydroxylation sites is 1. The molecule has 1 saturated carbocycles. The zero-order valence-electron chi connectivity index (χ0n) is 14.6. The van der Waals surface area contributed by atoms with Crippen LogP contribution in [0.4, 0.5) is 0 Å². The summed E-state index contributed by atoms with van der Waals surface area (Å²) in [6, 6.07) is 9.54. The van der Waals surface area contributed by atoms with Gasteiger partial charge in [-0.2, -0.15) is 4.98 Å². The van der Waals surface area contributed by atoms with Gasteiger partial charge in [0.1, 0.15) is 5.58 Å². The highest BCUT2D eigenvalue weighted by Gasteiger charge is 2.31. The molecule has 1 saturated heterocycles. The van der Waals surface area contributed by atoms with Gasteiger partial charge in [-0.25, -0.2) is 0 Å². The van der Waals surface area contributed by atoms with Crippen LogP contribution in [0.15, 0.2) is 39.3 Å². The number of likely N-dealkylation sites (tertiary alicyclic amines) is 1. The molecule has 134 valence electrons. The van der Waals surface area contributed by atoms with E-state index in [2.05, 4.69) is 10.1 Å². The standard InChI is InChI=1S/C20H21N3O3/c24-20(17-11-15-5-1-2-6-16(15)25-17)23-9-3-4-13(12-23)10-18-21-19(22-26-18)14-7-8-14/h1-2,5-6,11,13-14H,3-4,7-10,12H2. The second kappa shape index (κ2) is 6.27. The summed E-state index contributed by atoms with van der Waals surface area (Å²) in [4.78, 5) is 19.3. The molecule has 1 aliphatic heterocycles. The van der Waals surface area contributed by atoms with E-state index < -0.39 is 0 Å². The van der Waals surface area contributed by atoms with Crippen LogP contribution >= 0.6 is 0 Å². The Kier molecular flexibility index (Phi) is 3.76. The van der Waals surface area contributed by atoms with Gasteiger partial charge in [0.05, 0.1) is 0 Å². The van der Waals surface area contributed by atoms with E-state index in [0.717, 1.165) is 42.6 Å². The average Bonchev–Trinajstić information content (AvgIpc) is 3.26. The number of piperidine rings is 1. The van der Waals surface area contributed by atoms with Gasteiger partial charge in [-0.05, 0) is 43.7 Å². The third-order valence-corrected chi connectivity index (χ3v) is 5.33. The van der Waals surface area contributed by atoms with Crippen molar-refractivity contribution in [2.45, 2.75) is 38.0 Å². The number of aromatic nitrogens is 2. The minimum Gasteiger partial charge on any atom is -0.451 e. The number of hydrogen-bond acceptors (Lipinski definition) is 5. The van der Waals surface area contributed by atoms with Crippen LogP contribution in [-0.4, -0.2) is 34.0 Å². The molecular weight excluding hydrogens is 330 g/mol. The number of carbonyl (C=O) groups is 1. The minimum absolute atomic E-state index is 0.0323. The highest BCUT2D eigenvalue weighted by atomic mass is 16.5. The van der Waals surface area contributed by atoms with Gasteiger partial charge >= 0.3 is 0 Å². The van der Waals surface area contributed by atoms with E-state index in [-0.39, 0.29) is 5.91 Å². The number of fused-ring (bicyclic) bond motifs is 1. The zero-order valence-corrected chi connectivity index (χ0v) is 14.6. The molecule has 1 unspecified atom stereocenters. The summed E-state index contributed by atoms with van der Waals surface area (Å²) in [5, 5.41) is 5.05. The zero-order chi connectivity index (χ0) is 17.5. The minimum atomic E-state index is -0.0323. The number of hydrogen-bond donors (Lipinski definition) is 0. The molecule has 1 aromatic carbocycles. The van der Waals surface area contributed by atoms with Gasteiger partial charge in [0.15, 0.2) is 11.6 Å². The Balaban J connectivity index is 1.27. The fourth-order valence-corrected chi connectivity index (χ4v) is 3.76. The van der Waals surface area contributed by atoms with E-state index in [1.165, 1.54) is 12.8 Å². The predicted molar refractivity (Wildman–Crippen MR) is 94.8 cm³/mol.